The molecule has 6 heteroatoms. The molecule has 1 aliphatic heterocycles. The molecule has 2 aliphatic rings. The fraction of sp³-hybridized carbons (Fsp3) is 0.556. The molecule has 2 amide bonds. The van der Waals surface area contributed by atoms with Crippen LogP contribution in [0.3, 0.4) is 0 Å². The largest absolute Gasteiger partial charge is 0.392 e. The molecule has 130 valence electrons. The van der Waals surface area contributed by atoms with Gasteiger partial charge in [0.05, 0.1) is 6.10 Å². The zero-order valence-corrected chi connectivity index (χ0v) is 14.1. The van der Waals surface area contributed by atoms with Gasteiger partial charge < -0.3 is 15.3 Å². The van der Waals surface area contributed by atoms with Crippen molar-refractivity contribution >= 4 is 17.5 Å². The van der Waals surface area contributed by atoms with Crippen LogP contribution in [0.15, 0.2) is 24.3 Å². The van der Waals surface area contributed by atoms with E-state index in [-0.39, 0.29) is 17.9 Å². The van der Waals surface area contributed by atoms with Crippen LogP contribution in [0.1, 0.15) is 30.1 Å². The number of rotatable bonds is 5. The zero-order valence-electron chi connectivity index (χ0n) is 14.1. The number of benzene rings is 1. The van der Waals surface area contributed by atoms with Gasteiger partial charge in [0, 0.05) is 44.0 Å². The standard InChI is InChI=1S/C18H25N3O3/c1-13(22)15-3-2-4-16(11-15)19-18(24)21-9-7-20(8-10-21)12-17(23)14-5-6-14/h2-4,11,14,17,23H,5-10,12H2,1H3,(H,19,24). The lowest BCUT2D eigenvalue weighted by atomic mass is 10.1. The van der Waals surface area contributed by atoms with Gasteiger partial charge in [0.25, 0.3) is 0 Å². The van der Waals surface area contributed by atoms with Crippen LogP contribution in [0.4, 0.5) is 10.5 Å². The number of nitrogens with one attached hydrogen (secondary N) is 1. The number of aliphatic hydroxyl groups is 1. The van der Waals surface area contributed by atoms with Crippen molar-refractivity contribution in [1.82, 2.24) is 9.80 Å². The van der Waals surface area contributed by atoms with Crippen molar-refractivity contribution in [2.75, 3.05) is 38.0 Å². The van der Waals surface area contributed by atoms with Crippen molar-refractivity contribution in [1.29, 1.82) is 0 Å². The Balaban J connectivity index is 1.48. The molecule has 1 saturated heterocycles. The highest BCUT2D eigenvalue weighted by atomic mass is 16.3. The first-order valence-corrected chi connectivity index (χ1v) is 8.60. The number of aliphatic hydroxyl groups excluding tert-OH is 1. The molecule has 6 nitrogen and oxygen atoms in total. The van der Waals surface area contributed by atoms with Crippen LogP contribution in [0.5, 0.6) is 0 Å². The van der Waals surface area contributed by atoms with Crippen LogP contribution >= 0.6 is 0 Å². The molecule has 2 fully saturated rings. The number of anilines is 1. The number of carbonyl (C=O) groups excluding carboxylic acids is 2. The summed E-state index contributed by atoms with van der Waals surface area (Å²) in [4.78, 5) is 27.8. The molecule has 0 bridgehead atoms. The van der Waals surface area contributed by atoms with E-state index in [4.69, 9.17) is 0 Å². The average Bonchev–Trinajstić information content (AvgIpc) is 3.40. The van der Waals surface area contributed by atoms with Crippen LogP contribution < -0.4 is 5.32 Å². The fourth-order valence-corrected chi connectivity index (χ4v) is 3.05. The van der Waals surface area contributed by atoms with Crippen LogP contribution in [0, 0.1) is 5.92 Å². The highest BCUT2D eigenvalue weighted by Crippen LogP contribution is 2.32. The van der Waals surface area contributed by atoms with Crippen molar-refractivity contribution < 1.29 is 14.7 Å². The van der Waals surface area contributed by atoms with Crippen LogP contribution in [-0.4, -0.2) is 65.5 Å². The normalized spacial score (nSPS) is 19.8. The minimum atomic E-state index is -0.223. The van der Waals surface area contributed by atoms with E-state index < -0.39 is 0 Å². The number of amides is 2. The molecular formula is C18H25N3O3. The SMILES string of the molecule is CC(=O)c1cccc(NC(=O)N2CCN(CC(O)C3CC3)CC2)c1. The third kappa shape index (κ3) is 4.33. The minimum Gasteiger partial charge on any atom is -0.392 e. The Morgan fingerprint density at radius 2 is 1.96 bits per heavy atom. The van der Waals surface area contributed by atoms with Gasteiger partial charge >= 0.3 is 6.03 Å². The fourth-order valence-electron chi connectivity index (χ4n) is 3.05. The summed E-state index contributed by atoms with van der Waals surface area (Å²) in [5.41, 5.74) is 1.23. The number of ketones is 1. The molecule has 1 aromatic rings. The third-order valence-corrected chi connectivity index (χ3v) is 4.79. The lowest BCUT2D eigenvalue weighted by Gasteiger charge is -2.35. The van der Waals surface area contributed by atoms with E-state index in [0.717, 1.165) is 25.9 Å². The number of piperazine rings is 1. The molecule has 0 radical (unpaired) electrons. The van der Waals surface area contributed by atoms with Crippen molar-refractivity contribution in [3.63, 3.8) is 0 Å². The van der Waals surface area contributed by atoms with Crippen LogP contribution in [0.2, 0.25) is 0 Å². The Kier molecular flexibility index (Phi) is 5.16. The second kappa shape index (κ2) is 7.32. The molecule has 2 N–H and O–H groups in total. The summed E-state index contributed by atoms with van der Waals surface area (Å²) >= 11 is 0. The van der Waals surface area contributed by atoms with E-state index in [1.165, 1.54) is 6.92 Å². The van der Waals surface area contributed by atoms with Gasteiger partial charge in [-0.1, -0.05) is 12.1 Å². The number of hydrogen-bond donors (Lipinski definition) is 2. The van der Waals surface area contributed by atoms with Gasteiger partial charge in [-0.2, -0.15) is 0 Å². The number of hydrogen-bond acceptors (Lipinski definition) is 4. The van der Waals surface area contributed by atoms with Gasteiger partial charge in [0.2, 0.25) is 0 Å². The number of nitrogens with zero attached hydrogens (tertiary/aromatic N) is 2. The predicted molar refractivity (Wildman–Crippen MR) is 92.2 cm³/mol. The second-order valence-electron chi connectivity index (χ2n) is 6.76. The highest BCUT2D eigenvalue weighted by Gasteiger charge is 2.32. The maximum atomic E-state index is 12.4. The summed E-state index contributed by atoms with van der Waals surface area (Å²) in [6.07, 6.45) is 2.06. The summed E-state index contributed by atoms with van der Waals surface area (Å²) in [5, 5.41) is 12.9. The van der Waals surface area contributed by atoms with E-state index in [1.807, 2.05) is 0 Å². The lowest BCUT2D eigenvalue weighted by Crippen LogP contribution is -2.51. The summed E-state index contributed by atoms with van der Waals surface area (Å²) < 4.78 is 0. The molecule has 24 heavy (non-hydrogen) atoms. The second-order valence-corrected chi connectivity index (χ2v) is 6.76. The van der Waals surface area contributed by atoms with E-state index >= 15 is 0 Å². The number of urea groups is 1. The molecule has 1 heterocycles. The van der Waals surface area contributed by atoms with Crippen molar-refractivity contribution in [3.8, 4) is 0 Å². The molecule has 1 aromatic carbocycles. The van der Waals surface area contributed by atoms with Crippen molar-refractivity contribution in [3.05, 3.63) is 29.8 Å². The summed E-state index contributed by atoms with van der Waals surface area (Å²) in [6, 6.07) is 6.85. The number of carbonyl (C=O) groups is 2. The molecule has 3 rings (SSSR count). The molecule has 1 saturated carbocycles. The summed E-state index contributed by atoms with van der Waals surface area (Å²) in [6.45, 7) is 5.08. The Morgan fingerprint density at radius 1 is 1.25 bits per heavy atom. The molecular weight excluding hydrogens is 306 g/mol. The number of β-amino-alcohol motifs (C(OH)–C–C–N with tert-alkyl or cyclic N) is 1. The van der Waals surface area contributed by atoms with Crippen LogP contribution in [0.25, 0.3) is 0 Å². The molecule has 1 aliphatic carbocycles. The molecule has 0 spiro atoms. The van der Waals surface area contributed by atoms with Crippen molar-refractivity contribution in [2.24, 2.45) is 5.92 Å². The maximum Gasteiger partial charge on any atom is 0.321 e. The summed E-state index contributed by atoms with van der Waals surface area (Å²) in [5.74, 6) is 0.466. The van der Waals surface area contributed by atoms with Gasteiger partial charge in [-0.25, -0.2) is 4.79 Å². The first-order chi connectivity index (χ1) is 11.5. The predicted octanol–water partition coefficient (Wildman–Crippen LogP) is 1.81. The van der Waals surface area contributed by atoms with Gasteiger partial charge in [-0.05, 0) is 37.8 Å². The van der Waals surface area contributed by atoms with Gasteiger partial charge in [0.15, 0.2) is 5.78 Å². The zero-order chi connectivity index (χ0) is 17.1. The lowest BCUT2D eigenvalue weighted by molar-refractivity contribution is 0.0712. The van der Waals surface area contributed by atoms with Gasteiger partial charge in [-0.3, -0.25) is 9.69 Å². The monoisotopic (exact) mass is 331 g/mol. The first kappa shape index (κ1) is 16.9. The Hall–Kier alpha value is -1.92. The topological polar surface area (TPSA) is 72.9 Å². The van der Waals surface area contributed by atoms with Crippen molar-refractivity contribution in [2.45, 2.75) is 25.9 Å². The van der Waals surface area contributed by atoms with Gasteiger partial charge in [-0.15, -0.1) is 0 Å². The average molecular weight is 331 g/mol. The molecule has 1 unspecified atom stereocenters. The Morgan fingerprint density at radius 3 is 2.58 bits per heavy atom. The third-order valence-electron chi connectivity index (χ3n) is 4.79. The highest BCUT2D eigenvalue weighted by molar-refractivity contribution is 5.96. The van der Waals surface area contributed by atoms with Gasteiger partial charge in [0.1, 0.15) is 0 Å². The summed E-state index contributed by atoms with van der Waals surface area (Å²) in [7, 11) is 0. The van der Waals surface area contributed by atoms with E-state index in [9.17, 15) is 14.7 Å². The van der Waals surface area contributed by atoms with Crippen LogP contribution in [-0.2, 0) is 0 Å². The first-order valence-electron chi connectivity index (χ1n) is 8.60. The Labute approximate surface area is 142 Å². The number of Topliss-reactive ketones (excluding diaryl/α,β-unsaturated/α-hetero) is 1. The van der Waals surface area contributed by atoms with E-state index in [0.29, 0.717) is 36.8 Å². The van der Waals surface area contributed by atoms with E-state index in [2.05, 4.69) is 10.2 Å². The smallest absolute Gasteiger partial charge is 0.321 e. The molecule has 1 atom stereocenters. The molecule has 0 aromatic heterocycles. The Bertz CT molecular complexity index is 607. The quantitative estimate of drug-likeness (QED) is 0.807. The minimum absolute atomic E-state index is 0.0195. The van der Waals surface area contributed by atoms with E-state index in [1.54, 1.807) is 29.2 Å². The maximum absolute atomic E-state index is 12.4.